The van der Waals surface area contributed by atoms with Gasteiger partial charge in [0, 0.05) is 12.6 Å². The lowest BCUT2D eigenvalue weighted by atomic mass is 10.0. The first-order valence-corrected chi connectivity index (χ1v) is 6.93. The van der Waals surface area contributed by atoms with Crippen molar-refractivity contribution in [1.82, 2.24) is 4.98 Å². The molecule has 1 aliphatic rings. The number of carbonyl (C=O) groups is 1. The molecule has 1 unspecified atom stereocenters. The summed E-state index contributed by atoms with van der Waals surface area (Å²) < 4.78 is 5.35. The molecule has 1 aromatic rings. The Morgan fingerprint density at radius 2 is 2.18 bits per heavy atom. The highest BCUT2D eigenvalue weighted by atomic mass is 16.8. The molecular weight excluding hydrogens is 290 g/mol. The summed E-state index contributed by atoms with van der Waals surface area (Å²) in [5.74, 6) is 0. The van der Waals surface area contributed by atoms with Gasteiger partial charge in [-0.1, -0.05) is 0 Å². The molecule has 8 nitrogen and oxygen atoms in total. The number of anilines is 1. The van der Waals surface area contributed by atoms with Crippen molar-refractivity contribution in [2.75, 3.05) is 18.6 Å². The summed E-state index contributed by atoms with van der Waals surface area (Å²) in [4.78, 5) is 34.1. The smallest absolute Gasteiger partial charge is 0.414 e. The molecule has 2 rings (SSSR count). The molecule has 0 bridgehead atoms. The van der Waals surface area contributed by atoms with Gasteiger partial charge in [0.05, 0.1) is 22.4 Å². The molecule has 120 valence electrons. The third-order valence-corrected chi connectivity index (χ3v) is 3.11. The predicted molar refractivity (Wildman–Crippen MR) is 77.7 cm³/mol. The van der Waals surface area contributed by atoms with Gasteiger partial charge in [0.15, 0.2) is 7.11 Å². The van der Waals surface area contributed by atoms with Crippen LogP contribution >= 0.6 is 0 Å². The van der Waals surface area contributed by atoms with E-state index in [0.717, 1.165) is 0 Å². The number of ether oxygens (including phenoxy) is 1. The summed E-state index contributed by atoms with van der Waals surface area (Å²) in [6.45, 7) is 5.58. The van der Waals surface area contributed by atoms with Crippen LogP contribution in [0.2, 0.25) is 0 Å². The molecule has 1 N–H and O–H groups in total. The van der Waals surface area contributed by atoms with E-state index in [-0.39, 0.29) is 17.2 Å². The summed E-state index contributed by atoms with van der Waals surface area (Å²) in [6.07, 6.45) is 0.307. The first-order valence-electron chi connectivity index (χ1n) is 6.93. The molecule has 2 heterocycles. The molecule has 22 heavy (non-hydrogen) atoms. The number of fused-ring (bicyclic) bond motifs is 1. The van der Waals surface area contributed by atoms with Crippen LogP contribution in [0.5, 0.6) is 0 Å². The Morgan fingerprint density at radius 3 is 2.77 bits per heavy atom. The van der Waals surface area contributed by atoms with E-state index in [1.807, 2.05) is 0 Å². The zero-order chi connectivity index (χ0) is 16.5. The maximum absolute atomic E-state index is 12.3. The first kappa shape index (κ1) is 16.2. The summed E-state index contributed by atoms with van der Waals surface area (Å²) in [5.41, 5.74) is 0.174. The largest absolute Gasteiger partial charge is 0.443 e. The summed E-state index contributed by atoms with van der Waals surface area (Å²) in [7, 11) is 1.23. The Kier molecular flexibility index (Phi) is 4.32. The first-order chi connectivity index (χ1) is 10.2. The third kappa shape index (κ3) is 3.33. The van der Waals surface area contributed by atoms with Crippen molar-refractivity contribution >= 4 is 17.5 Å². The monoisotopic (exact) mass is 310 g/mol. The van der Waals surface area contributed by atoms with Crippen molar-refractivity contribution < 1.29 is 24.4 Å². The van der Waals surface area contributed by atoms with Gasteiger partial charge >= 0.3 is 11.8 Å². The number of pyridine rings is 1. The van der Waals surface area contributed by atoms with Gasteiger partial charge in [-0.25, -0.2) is 14.6 Å². The van der Waals surface area contributed by atoms with E-state index in [4.69, 9.17) is 4.74 Å². The normalized spacial score (nSPS) is 17.7. The Labute approximate surface area is 128 Å². The number of amides is 1. The molecule has 1 atom stereocenters. The molecule has 1 aromatic heterocycles. The predicted octanol–water partition coefficient (Wildman–Crippen LogP) is 2.23. The maximum Gasteiger partial charge on any atom is 0.414 e. The van der Waals surface area contributed by atoms with Crippen LogP contribution in [0.15, 0.2) is 12.3 Å². The molecule has 0 aromatic carbocycles. The fourth-order valence-corrected chi connectivity index (χ4v) is 2.15. The van der Waals surface area contributed by atoms with E-state index in [0.29, 0.717) is 17.8 Å². The molecule has 8 heteroatoms. The molecule has 0 saturated heterocycles. The van der Waals surface area contributed by atoms with Crippen molar-refractivity contribution in [2.24, 2.45) is 0 Å². The van der Waals surface area contributed by atoms with Gasteiger partial charge in [-0.3, -0.25) is 4.90 Å². The van der Waals surface area contributed by atoms with Crippen molar-refractivity contribution in [3.8, 4) is 0 Å². The lowest BCUT2D eigenvalue weighted by Crippen LogP contribution is -2.41. The van der Waals surface area contributed by atoms with Crippen molar-refractivity contribution in [3.05, 3.63) is 22.9 Å². The van der Waals surface area contributed by atoms with E-state index >= 15 is 0 Å². The number of carbonyl (C=O) groups excluding carboxylic acids is 1. The Bertz CT molecular complexity index is 597. The molecule has 0 aliphatic carbocycles. The number of aromatic nitrogens is 1. The van der Waals surface area contributed by atoms with E-state index in [2.05, 4.69) is 9.82 Å². The molecule has 0 spiro atoms. The van der Waals surface area contributed by atoms with Crippen LogP contribution in [0, 0.1) is 4.91 Å². The van der Waals surface area contributed by atoms with Gasteiger partial charge in [0.1, 0.15) is 11.8 Å². The number of nitrogens with zero attached hydrogens (tertiary/aromatic N) is 3. The number of aliphatic hydroxyl groups excluding tert-OH is 1. The molecular formula is C14H20N3O5+. The van der Waals surface area contributed by atoms with Gasteiger partial charge in [-0.05, 0) is 27.2 Å². The summed E-state index contributed by atoms with van der Waals surface area (Å²) in [5, 5.41) is 10.0. The molecule has 0 fully saturated rings. The van der Waals surface area contributed by atoms with Crippen LogP contribution in [0.25, 0.3) is 0 Å². The average Bonchev–Trinajstić information content (AvgIpc) is 2.44. The fourth-order valence-electron chi connectivity index (χ4n) is 2.15. The lowest BCUT2D eigenvalue weighted by molar-refractivity contribution is -0.736. The molecule has 1 amide bonds. The lowest BCUT2D eigenvalue weighted by Gasteiger charge is -2.32. The van der Waals surface area contributed by atoms with Crippen molar-refractivity contribution in [3.63, 3.8) is 0 Å². The van der Waals surface area contributed by atoms with Crippen molar-refractivity contribution in [2.45, 2.75) is 38.9 Å². The Hall–Kier alpha value is -2.22. The van der Waals surface area contributed by atoms with Crippen LogP contribution in [0.4, 0.5) is 16.2 Å². The quantitative estimate of drug-likeness (QED) is 0.842. The summed E-state index contributed by atoms with van der Waals surface area (Å²) in [6, 6.07) is 1.45. The Morgan fingerprint density at radius 1 is 1.50 bits per heavy atom. The second kappa shape index (κ2) is 5.88. The average molecular weight is 310 g/mol. The van der Waals surface area contributed by atoms with Crippen LogP contribution in [-0.4, -0.2) is 40.4 Å². The summed E-state index contributed by atoms with van der Waals surface area (Å²) >= 11 is 0. The van der Waals surface area contributed by atoms with Gasteiger partial charge in [-0.15, -0.1) is 0 Å². The second-order valence-corrected chi connectivity index (χ2v) is 5.97. The molecule has 0 saturated carbocycles. The second-order valence-electron chi connectivity index (χ2n) is 5.97. The highest BCUT2D eigenvalue weighted by Gasteiger charge is 2.34. The van der Waals surface area contributed by atoms with Gasteiger partial charge in [0.25, 0.3) is 4.92 Å². The SMILES string of the molecule is CO[N+](=O)c1cnc2c(c1)N(C(=O)OC(C)(C)C)CCC2O. The zero-order valence-electron chi connectivity index (χ0n) is 13.1. The molecule has 0 radical (unpaired) electrons. The highest BCUT2D eigenvalue weighted by molar-refractivity contribution is 5.89. The van der Waals surface area contributed by atoms with E-state index in [9.17, 15) is 14.8 Å². The fraction of sp³-hybridized carbons (Fsp3) is 0.571. The minimum Gasteiger partial charge on any atom is -0.443 e. The molecule has 1 aliphatic heterocycles. The number of hydrogen-bond donors (Lipinski definition) is 1. The minimum atomic E-state index is -0.787. The van der Waals surface area contributed by atoms with Crippen LogP contribution < -0.4 is 4.90 Å². The van der Waals surface area contributed by atoms with E-state index in [1.54, 1.807) is 20.8 Å². The standard InChI is InChI=1S/C14H20N3O5/c1-14(2,3)22-13(19)16-6-5-11(18)12-10(16)7-9(8-15-12)17(20)21-4/h7-8,11,18H,5-6H2,1-4H3/q+1. The number of rotatable bonds is 2. The van der Waals surface area contributed by atoms with Crippen LogP contribution in [0.3, 0.4) is 0 Å². The minimum absolute atomic E-state index is 0.129. The van der Waals surface area contributed by atoms with Crippen LogP contribution in [0.1, 0.15) is 39.0 Å². The maximum atomic E-state index is 12.3. The van der Waals surface area contributed by atoms with E-state index in [1.165, 1.54) is 24.3 Å². The third-order valence-electron chi connectivity index (χ3n) is 3.11. The van der Waals surface area contributed by atoms with Crippen LogP contribution in [-0.2, 0) is 9.57 Å². The van der Waals surface area contributed by atoms with E-state index < -0.39 is 17.8 Å². The number of aliphatic hydroxyl groups is 1. The highest BCUT2D eigenvalue weighted by Crippen LogP contribution is 2.35. The van der Waals surface area contributed by atoms with Gasteiger partial charge in [-0.2, -0.15) is 0 Å². The van der Waals surface area contributed by atoms with Gasteiger partial charge in [0.2, 0.25) is 0 Å². The topological polar surface area (TPSA) is 92.0 Å². The van der Waals surface area contributed by atoms with Crippen molar-refractivity contribution in [1.29, 1.82) is 0 Å². The van der Waals surface area contributed by atoms with Gasteiger partial charge < -0.3 is 9.84 Å². The number of hydrogen-bond acceptors (Lipinski definition) is 6. The Balaban J connectivity index is 2.39. The zero-order valence-corrected chi connectivity index (χ0v) is 13.1.